The summed E-state index contributed by atoms with van der Waals surface area (Å²) in [6, 6.07) is 10.1. The van der Waals surface area contributed by atoms with E-state index in [4.69, 9.17) is 10.5 Å². The Morgan fingerprint density at radius 2 is 2.30 bits per heavy atom. The van der Waals surface area contributed by atoms with Crippen LogP contribution in [-0.2, 0) is 11.3 Å². The minimum atomic E-state index is -0.620. The Kier molecular flexibility index (Phi) is 6.10. The van der Waals surface area contributed by atoms with E-state index in [1.54, 1.807) is 12.4 Å². The first-order valence-corrected chi connectivity index (χ1v) is 8.58. The third-order valence-electron chi connectivity index (χ3n) is 4.27. The molecule has 1 amide bonds. The Labute approximate surface area is 157 Å². The molecule has 1 aliphatic rings. The Balaban J connectivity index is 1.51. The van der Waals surface area contributed by atoms with Crippen molar-refractivity contribution in [1.29, 1.82) is 5.26 Å². The van der Waals surface area contributed by atoms with Crippen molar-refractivity contribution in [2.24, 2.45) is 0 Å². The van der Waals surface area contributed by atoms with Crippen LogP contribution >= 0.6 is 0 Å². The SMILES string of the molecule is N#Cc1cccc(CN2CC[C@@H](Nc3cnc(/C=C/C(=O)NO)cn3)C2)c1. The third kappa shape index (κ3) is 5.34. The molecule has 8 nitrogen and oxygen atoms in total. The molecule has 1 aromatic heterocycles. The predicted molar refractivity (Wildman–Crippen MR) is 99.5 cm³/mol. The number of likely N-dealkylation sites (tertiary alicyclic amines) is 1. The van der Waals surface area contributed by atoms with Crippen LogP contribution in [0, 0.1) is 11.3 Å². The fraction of sp³-hybridized carbons (Fsp3) is 0.263. The molecule has 3 rings (SSSR count). The van der Waals surface area contributed by atoms with Gasteiger partial charge in [-0.1, -0.05) is 12.1 Å². The van der Waals surface area contributed by atoms with Crippen LogP contribution in [0.4, 0.5) is 5.82 Å². The second-order valence-corrected chi connectivity index (χ2v) is 6.31. The summed E-state index contributed by atoms with van der Waals surface area (Å²) in [5, 5.41) is 20.8. The van der Waals surface area contributed by atoms with E-state index in [9.17, 15) is 4.79 Å². The second kappa shape index (κ2) is 8.89. The number of nitrogens with zero attached hydrogens (tertiary/aromatic N) is 4. The van der Waals surface area contributed by atoms with Crippen LogP contribution in [-0.4, -0.2) is 45.1 Å². The van der Waals surface area contributed by atoms with Gasteiger partial charge in [0.05, 0.1) is 29.7 Å². The van der Waals surface area contributed by atoms with Crippen molar-refractivity contribution in [3.05, 3.63) is 59.6 Å². The summed E-state index contributed by atoms with van der Waals surface area (Å²) < 4.78 is 0. The van der Waals surface area contributed by atoms with E-state index in [-0.39, 0.29) is 6.04 Å². The smallest absolute Gasteiger partial charge is 0.267 e. The number of rotatable bonds is 6. The van der Waals surface area contributed by atoms with Gasteiger partial charge in [0.1, 0.15) is 5.82 Å². The van der Waals surface area contributed by atoms with Crippen molar-refractivity contribution in [1.82, 2.24) is 20.3 Å². The van der Waals surface area contributed by atoms with E-state index in [1.807, 2.05) is 24.3 Å². The highest BCUT2D eigenvalue weighted by Crippen LogP contribution is 2.17. The number of carbonyl (C=O) groups excluding carboxylic acids is 1. The Hall–Kier alpha value is -3.28. The molecule has 1 aliphatic heterocycles. The summed E-state index contributed by atoms with van der Waals surface area (Å²) in [5.41, 5.74) is 3.86. The van der Waals surface area contributed by atoms with E-state index >= 15 is 0 Å². The van der Waals surface area contributed by atoms with Gasteiger partial charge in [-0.15, -0.1) is 0 Å². The van der Waals surface area contributed by atoms with E-state index in [2.05, 4.69) is 26.3 Å². The zero-order valence-corrected chi connectivity index (χ0v) is 14.7. The van der Waals surface area contributed by atoms with Crippen molar-refractivity contribution in [3.63, 3.8) is 0 Å². The molecule has 0 unspecified atom stereocenters. The van der Waals surface area contributed by atoms with Gasteiger partial charge in [0, 0.05) is 31.8 Å². The summed E-state index contributed by atoms with van der Waals surface area (Å²) in [6.07, 6.45) is 6.82. The quantitative estimate of drug-likeness (QED) is 0.405. The molecule has 3 N–H and O–H groups in total. The third-order valence-corrected chi connectivity index (χ3v) is 4.27. The predicted octanol–water partition coefficient (Wildman–Crippen LogP) is 1.55. The highest BCUT2D eigenvalue weighted by molar-refractivity contribution is 5.90. The largest absolute Gasteiger partial charge is 0.365 e. The van der Waals surface area contributed by atoms with Crippen LogP contribution in [0.1, 0.15) is 23.2 Å². The molecule has 0 radical (unpaired) electrons. The first-order valence-electron chi connectivity index (χ1n) is 8.58. The van der Waals surface area contributed by atoms with Gasteiger partial charge in [0.25, 0.3) is 5.91 Å². The van der Waals surface area contributed by atoms with E-state index in [0.29, 0.717) is 17.1 Å². The average molecular weight is 364 g/mol. The Morgan fingerprint density at radius 1 is 1.41 bits per heavy atom. The van der Waals surface area contributed by atoms with Crippen LogP contribution in [0.2, 0.25) is 0 Å². The summed E-state index contributed by atoms with van der Waals surface area (Å²) in [7, 11) is 0. The Bertz CT molecular complexity index is 859. The number of aromatic nitrogens is 2. The number of nitriles is 1. The molecule has 27 heavy (non-hydrogen) atoms. The first-order chi connectivity index (χ1) is 13.2. The lowest BCUT2D eigenvalue weighted by Gasteiger charge is -2.17. The molecule has 138 valence electrons. The molecule has 2 aromatic rings. The summed E-state index contributed by atoms with van der Waals surface area (Å²) in [5.74, 6) is 0.0578. The number of anilines is 1. The van der Waals surface area contributed by atoms with Crippen LogP contribution in [0.25, 0.3) is 6.08 Å². The lowest BCUT2D eigenvalue weighted by molar-refractivity contribution is -0.124. The maximum atomic E-state index is 11.0. The summed E-state index contributed by atoms with van der Waals surface area (Å²) >= 11 is 0. The van der Waals surface area contributed by atoms with Crippen molar-refractivity contribution in [3.8, 4) is 6.07 Å². The second-order valence-electron chi connectivity index (χ2n) is 6.31. The number of hydroxylamine groups is 1. The van der Waals surface area contributed by atoms with Crippen LogP contribution in [0.3, 0.4) is 0 Å². The fourth-order valence-electron chi connectivity index (χ4n) is 3.00. The lowest BCUT2D eigenvalue weighted by Crippen LogP contribution is -2.26. The van der Waals surface area contributed by atoms with Crippen LogP contribution < -0.4 is 10.8 Å². The van der Waals surface area contributed by atoms with E-state index in [1.165, 1.54) is 17.6 Å². The normalized spacial score (nSPS) is 17.0. The standard InChI is InChI=1S/C19H20N6O2/c20-9-14-2-1-3-15(8-14)12-25-7-6-17(13-25)23-18-11-21-16(10-22-18)4-5-19(26)24-27/h1-5,8,10-11,17,27H,6-7,12-13H2,(H,22,23)(H,24,26)/b5-4+/t17-/m1/s1. The van der Waals surface area contributed by atoms with Gasteiger partial charge in [-0.25, -0.2) is 10.5 Å². The molecule has 1 fully saturated rings. The number of nitrogens with one attached hydrogen (secondary N) is 2. The zero-order chi connectivity index (χ0) is 19.1. The minimum absolute atomic E-state index is 0.278. The topological polar surface area (TPSA) is 114 Å². The van der Waals surface area contributed by atoms with Crippen LogP contribution in [0.15, 0.2) is 42.7 Å². The monoisotopic (exact) mass is 364 g/mol. The molecule has 0 saturated carbocycles. The molecular formula is C19H20N6O2. The van der Waals surface area contributed by atoms with Gasteiger partial charge >= 0.3 is 0 Å². The molecule has 1 atom stereocenters. The average Bonchev–Trinajstić information content (AvgIpc) is 3.14. The molecule has 1 saturated heterocycles. The number of amides is 1. The van der Waals surface area contributed by atoms with Crippen LogP contribution in [0.5, 0.6) is 0 Å². The van der Waals surface area contributed by atoms with E-state index in [0.717, 1.165) is 31.6 Å². The molecule has 1 aromatic carbocycles. The Morgan fingerprint density at radius 3 is 3.04 bits per heavy atom. The summed E-state index contributed by atoms with van der Waals surface area (Å²) in [6.45, 7) is 2.67. The molecule has 2 heterocycles. The van der Waals surface area contributed by atoms with Gasteiger partial charge in [0.2, 0.25) is 0 Å². The van der Waals surface area contributed by atoms with E-state index < -0.39 is 5.91 Å². The van der Waals surface area contributed by atoms with Crippen molar-refractivity contribution in [2.75, 3.05) is 18.4 Å². The van der Waals surface area contributed by atoms with Crippen molar-refractivity contribution < 1.29 is 10.0 Å². The first kappa shape index (κ1) is 18.5. The number of carbonyl (C=O) groups is 1. The molecule has 0 aliphatic carbocycles. The number of hydrogen-bond donors (Lipinski definition) is 3. The lowest BCUT2D eigenvalue weighted by atomic mass is 10.1. The molecule has 8 heteroatoms. The highest BCUT2D eigenvalue weighted by Gasteiger charge is 2.22. The zero-order valence-electron chi connectivity index (χ0n) is 14.7. The summed E-state index contributed by atoms with van der Waals surface area (Å²) in [4.78, 5) is 21.8. The maximum Gasteiger partial charge on any atom is 0.267 e. The molecule has 0 spiro atoms. The number of benzene rings is 1. The highest BCUT2D eigenvalue weighted by atomic mass is 16.5. The maximum absolute atomic E-state index is 11.0. The fourth-order valence-corrected chi connectivity index (χ4v) is 3.00. The van der Waals surface area contributed by atoms with Crippen molar-refractivity contribution in [2.45, 2.75) is 19.0 Å². The molecular weight excluding hydrogens is 344 g/mol. The van der Waals surface area contributed by atoms with Gasteiger partial charge in [-0.2, -0.15) is 5.26 Å². The number of hydrogen-bond acceptors (Lipinski definition) is 7. The van der Waals surface area contributed by atoms with Gasteiger partial charge < -0.3 is 5.32 Å². The van der Waals surface area contributed by atoms with Gasteiger partial charge in [-0.05, 0) is 30.2 Å². The molecule has 0 bridgehead atoms. The minimum Gasteiger partial charge on any atom is -0.365 e. The van der Waals surface area contributed by atoms with Gasteiger partial charge in [0.15, 0.2) is 0 Å². The van der Waals surface area contributed by atoms with Gasteiger partial charge in [-0.3, -0.25) is 19.9 Å². The van der Waals surface area contributed by atoms with Crippen molar-refractivity contribution >= 4 is 17.8 Å².